The Morgan fingerprint density at radius 3 is 2.50 bits per heavy atom. The van der Waals surface area contributed by atoms with E-state index in [1.165, 1.54) is 16.7 Å². The molecular formula is C14H16O2. The topological polar surface area (TPSA) is 25.1 Å². The van der Waals surface area contributed by atoms with Crippen molar-refractivity contribution in [2.75, 3.05) is 13.2 Å². The van der Waals surface area contributed by atoms with Gasteiger partial charge in [0.25, 0.3) is 0 Å². The molecule has 2 atom stereocenters. The Kier molecular flexibility index (Phi) is 2.54. The molecular weight excluding hydrogens is 200 g/mol. The molecule has 2 heteroatoms. The van der Waals surface area contributed by atoms with Crippen molar-refractivity contribution in [1.29, 1.82) is 0 Å². The van der Waals surface area contributed by atoms with E-state index in [1.54, 1.807) is 0 Å². The molecule has 3 rings (SSSR count). The van der Waals surface area contributed by atoms with E-state index in [4.69, 9.17) is 9.47 Å². The average molecular weight is 216 g/mol. The van der Waals surface area contributed by atoms with Crippen LogP contribution >= 0.6 is 0 Å². The van der Waals surface area contributed by atoms with Crippen LogP contribution in [-0.4, -0.2) is 25.4 Å². The van der Waals surface area contributed by atoms with Gasteiger partial charge in [-0.15, -0.1) is 0 Å². The fraction of sp³-hybridized carbons (Fsp3) is 0.429. The molecule has 1 aromatic rings. The molecule has 0 N–H and O–H groups in total. The third-order valence-corrected chi connectivity index (χ3v) is 3.21. The van der Waals surface area contributed by atoms with Crippen LogP contribution in [0.3, 0.4) is 0 Å². The maximum Gasteiger partial charge on any atom is 0.0850 e. The normalized spacial score (nSPS) is 26.5. The number of hydrogen-bond donors (Lipinski definition) is 0. The first-order valence-electron chi connectivity index (χ1n) is 5.83. The number of epoxide rings is 2. The third kappa shape index (κ3) is 2.18. The zero-order chi connectivity index (χ0) is 11.0. The van der Waals surface area contributed by atoms with Gasteiger partial charge >= 0.3 is 0 Å². The highest BCUT2D eigenvalue weighted by molar-refractivity contribution is 5.55. The highest BCUT2D eigenvalue weighted by Gasteiger charge is 2.28. The smallest absolute Gasteiger partial charge is 0.0850 e. The summed E-state index contributed by atoms with van der Waals surface area (Å²) in [5, 5.41) is 0. The van der Waals surface area contributed by atoms with E-state index >= 15 is 0 Å². The lowest BCUT2D eigenvalue weighted by molar-refractivity contribution is 0.401. The van der Waals surface area contributed by atoms with E-state index in [2.05, 4.69) is 24.8 Å². The Hall–Kier alpha value is -1.12. The highest BCUT2D eigenvalue weighted by atomic mass is 16.6. The summed E-state index contributed by atoms with van der Waals surface area (Å²) in [6.07, 6.45) is 4.86. The van der Waals surface area contributed by atoms with Crippen LogP contribution in [0.4, 0.5) is 0 Å². The second kappa shape index (κ2) is 4.04. The van der Waals surface area contributed by atoms with Gasteiger partial charge in [-0.2, -0.15) is 0 Å². The van der Waals surface area contributed by atoms with Gasteiger partial charge in [0.2, 0.25) is 0 Å². The summed E-state index contributed by atoms with van der Waals surface area (Å²) in [7, 11) is 0. The largest absolute Gasteiger partial charge is 0.373 e. The standard InChI is InChI=1S/C14H16O2/c1-2-10-4-3-5-11(6-12-8-15-12)14(10)7-13-9-16-13/h2-5,12-13H,1,6-9H2. The Balaban J connectivity index is 1.89. The van der Waals surface area contributed by atoms with Crippen LogP contribution in [0.1, 0.15) is 16.7 Å². The number of ether oxygens (including phenoxy) is 2. The van der Waals surface area contributed by atoms with Gasteiger partial charge in [-0.1, -0.05) is 30.9 Å². The second-order valence-electron chi connectivity index (χ2n) is 4.51. The second-order valence-corrected chi connectivity index (χ2v) is 4.51. The lowest BCUT2D eigenvalue weighted by Gasteiger charge is -2.11. The van der Waals surface area contributed by atoms with Gasteiger partial charge in [0, 0.05) is 12.8 Å². The summed E-state index contributed by atoms with van der Waals surface area (Å²) >= 11 is 0. The van der Waals surface area contributed by atoms with Gasteiger partial charge in [-0.3, -0.25) is 0 Å². The predicted molar refractivity (Wildman–Crippen MR) is 63.4 cm³/mol. The lowest BCUT2D eigenvalue weighted by Crippen LogP contribution is -2.04. The Morgan fingerprint density at radius 2 is 1.88 bits per heavy atom. The van der Waals surface area contributed by atoms with Crippen LogP contribution < -0.4 is 0 Å². The quantitative estimate of drug-likeness (QED) is 0.705. The molecule has 2 unspecified atom stereocenters. The first-order chi connectivity index (χ1) is 7.86. The zero-order valence-corrected chi connectivity index (χ0v) is 9.32. The van der Waals surface area contributed by atoms with Gasteiger partial charge in [-0.25, -0.2) is 0 Å². The SMILES string of the molecule is C=Cc1cccc(CC2CO2)c1CC1CO1. The van der Waals surface area contributed by atoms with Crippen molar-refractivity contribution in [3.8, 4) is 0 Å². The molecule has 0 aliphatic carbocycles. The summed E-state index contributed by atoms with van der Waals surface area (Å²) in [5.74, 6) is 0. The maximum absolute atomic E-state index is 5.32. The van der Waals surface area contributed by atoms with Gasteiger partial charge < -0.3 is 9.47 Å². The molecule has 2 fully saturated rings. The van der Waals surface area contributed by atoms with E-state index in [9.17, 15) is 0 Å². The zero-order valence-electron chi connectivity index (χ0n) is 9.32. The summed E-state index contributed by atoms with van der Waals surface area (Å²) in [6, 6.07) is 6.43. The Morgan fingerprint density at radius 1 is 1.19 bits per heavy atom. The summed E-state index contributed by atoms with van der Waals surface area (Å²) in [4.78, 5) is 0. The Bertz CT molecular complexity index is 403. The van der Waals surface area contributed by atoms with E-state index in [0.29, 0.717) is 12.2 Å². The van der Waals surface area contributed by atoms with E-state index in [0.717, 1.165) is 26.1 Å². The maximum atomic E-state index is 5.32. The van der Waals surface area contributed by atoms with Crippen molar-refractivity contribution in [1.82, 2.24) is 0 Å². The van der Waals surface area contributed by atoms with Crippen molar-refractivity contribution in [3.63, 3.8) is 0 Å². The van der Waals surface area contributed by atoms with E-state index < -0.39 is 0 Å². The van der Waals surface area contributed by atoms with E-state index in [1.807, 2.05) is 6.08 Å². The summed E-state index contributed by atoms with van der Waals surface area (Å²) < 4.78 is 10.6. The molecule has 1 aromatic carbocycles. The minimum atomic E-state index is 0.431. The average Bonchev–Trinajstić information content (AvgIpc) is 3.14. The van der Waals surface area contributed by atoms with Gasteiger partial charge in [0.1, 0.15) is 0 Å². The van der Waals surface area contributed by atoms with Crippen molar-refractivity contribution in [2.24, 2.45) is 0 Å². The molecule has 0 amide bonds. The highest BCUT2D eigenvalue weighted by Crippen LogP contribution is 2.26. The molecule has 2 aliphatic rings. The molecule has 0 radical (unpaired) electrons. The fourth-order valence-corrected chi connectivity index (χ4v) is 2.13. The monoisotopic (exact) mass is 216 g/mol. The lowest BCUT2D eigenvalue weighted by atomic mass is 9.94. The first-order valence-corrected chi connectivity index (χ1v) is 5.83. The van der Waals surface area contributed by atoms with Gasteiger partial charge in [0.05, 0.1) is 25.4 Å². The van der Waals surface area contributed by atoms with Gasteiger partial charge in [0.15, 0.2) is 0 Å². The fourth-order valence-electron chi connectivity index (χ4n) is 2.13. The third-order valence-electron chi connectivity index (χ3n) is 3.21. The molecule has 2 saturated heterocycles. The van der Waals surface area contributed by atoms with Crippen LogP contribution in [0.2, 0.25) is 0 Å². The molecule has 16 heavy (non-hydrogen) atoms. The van der Waals surface area contributed by atoms with Crippen molar-refractivity contribution in [2.45, 2.75) is 25.0 Å². The molecule has 84 valence electrons. The van der Waals surface area contributed by atoms with Crippen molar-refractivity contribution >= 4 is 6.08 Å². The molecule has 0 aromatic heterocycles. The summed E-state index contributed by atoms with van der Waals surface area (Å²) in [5.41, 5.74) is 4.04. The molecule has 0 bridgehead atoms. The van der Waals surface area contributed by atoms with Crippen LogP contribution in [0.25, 0.3) is 6.08 Å². The number of hydrogen-bond acceptors (Lipinski definition) is 2. The van der Waals surface area contributed by atoms with E-state index in [-0.39, 0.29) is 0 Å². The molecule has 2 nitrogen and oxygen atoms in total. The van der Waals surface area contributed by atoms with Crippen molar-refractivity contribution in [3.05, 3.63) is 41.5 Å². The molecule has 2 heterocycles. The molecule has 0 saturated carbocycles. The van der Waals surface area contributed by atoms with Crippen LogP contribution in [0.5, 0.6) is 0 Å². The van der Waals surface area contributed by atoms with Crippen LogP contribution in [-0.2, 0) is 22.3 Å². The number of rotatable bonds is 5. The first kappa shape index (κ1) is 10.1. The van der Waals surface area contributed by atoms with Gasteiger partial charge in [-0.05, 0) is 16.7 Å². The minimum Gasteiger partial charge on any atom is -0.373 e. The van der Waals surface area contributed by atoms with Crippen LogP contribution in [0.15, 0.2) is 24.8 Å². The predicted octanol–water partition coefficient (Wildman–Crippen LogP) is 2.21. The Labute approximate surface area is 95.9 Å². The molecule has 0 spiro atoms. The number of benzene rings is 1. The minimum absolute atomic E-state index is 0.431. The summed E-state index contributed by atoms with van der Waals surface area (Å²) in [6.45, 7) is 5.71. The van der Waals surface area contributed by atoms with Crippen LogP contribution in [0, 0.1) is 0 Å². The van der Waals surface area contributed by atoms with Crippen molar-refractivity contribution < 1.29 is 9.47 Å². The molecule has 2 aliphatic heterocycles.